The number of aromatic amines is 1. The second-order valence-electron chi connectivity index (χ2n) is 4.49. The van der Waals surface area contributed by atoms with Gasteiger partial charge in [0.15, 0.2) is 0 Å². The van der Waals surface area contributed by atoms with Crippen molar-refractivity contribution in [2.45, 2.75) is 18.9 Å². The van der Waals surface area contributed by atoms with E-state index in [1.807, 2.05) is 31.3 Å². The summed E-state index contributed by atoms with van der Waals surface area (Å²) in [6.07, 6.45) is 2.55. The number of benzene rings is 1. The van der Waals surface area contributed by atoms with Crippen molar-refractivity contribution in [3.63, 3.8) is 0 Å². The Morgan fingerprint density at radius 3 is 2.94 bits per heavy atom. The quantitative estimate of drug-likeness (QED) is 0.767. The third-order valence-corrected chi connectivity index (χ3v) is 2.92. The van der Waals surface area contributed by atoms with Crippen molar-refractivity contribution < 1.29 is 5.11 Å². The van der Waals surface area contributed by atoms with Crippen LogP contribution in [0, 0.1) is 0 Å². The predicted octanol–water partition coefficient (Wildman–Crippen LogP) is 2.07. The van der Waals surface area contributed by atoms with Crippen LogP contribution in [0.1, 0.15) is 12.5 Å². The lowest BCUT2D eigenvalue weighted by Gasteiger charge is -2.20. The van der Waals surface area contributed by atoms with E-state index >= 15 is 0 Å². The van der Waals surface area contributed by atoms with Gasteiger partial charge in [-0.3, -0.25) is 0 Å². The molecule has 0 radical (unpaired) electrons. The van der Waals surface area contributed by atoms with Gasteiger partial charge < -0.3 is 15.8 Å². The van der Waals surface area contributed by atoms with Crippen molar-refractivity contribution in [3.8, 4) is 0 Å². The van der Waals surface area contributed by atoms with Gasteiger partial charge in [0.05, 0.1) is 6.61 Å². The van der Waals surface area contributed by atoms with E-state index in [4.69, 9.17) is 22.4 Å². The van der Waals surface area contributed by atoms with Crippen molar-refractivity contribution >= 4 is 22.5 Å². The van der Waals surface area contributed by atoms with E-state index < -0.39 is 5.54 Å². The molecule has 16 heavy (non-hydrogen) atoms. The highest BCUT2D eigenvalue weighted by molar-refractivity contribution is 6.31. The monoisotopic (exact) mass is 238 g/mol. The number of H-pyrrole nitrogens is 1. The lowest BCUT2D eigenvalue weighted by atomic mass is 9.95. The number of aromatic nitrogens is 1. The molecule has 86 valence electrons. The van der Waals surface area contributed by atoms with Crippen LogP contribution in [0.5, 0.6) is 0 Å². The van der Waals surface area contributed by atoms with Gasteiger partial charge in [-0.2, -0.15) is 0 Å². The first-order chi connectivity index (χ1) is 7.52. The van der Waals surface area contributed by atoms with E-state index in [1.54, 1.807) is 0 Å². The second-order valence-corrected chi connectivity index (χ2v) is 4.93. The topological polar surface area (TPSA) is 62.0 Å². The number of aliphatic hydroxyl groups excluding tert-OH is 1. The second kappa shape index (κ2) is 4.09. The smallest absolute Gasteiger partial charge is 0.0611 e. The van der Waals surface area contributed by atoms with Crippen molar-refractivity contribution in [1.29, 1.82) is 0 Å². The van der Waals surface area contributed by atoms with Crippen LogP contribution >= 0.6 is 11.6 Å². The first-order valence-electron chi connectivity index (χ1n) is 5.17. The van der Waals surface area contributed by atoms with Crippen molar-refractivity contribution in [2.24, 2.45) is 5.73 Å². The molecule has 0 bridgehead atoms. The van der Waals surface area contributed by atoms with Gasteiger partial charge in [0.2, 0.25) is 0 Å². The Bertz CT molecular complexity index is 505. The molecule has 1 aromatic carbocycles. The normalized spacial score (nSPS) is 15.2. The predicted molar refractivity (Wildman–Crippen MR) is 66.7 cm³/mol. The van der Waals surface area contributed by atoms with Gasteiger partial charge in [0.1, 0.15) is 0 Å². The molecule has 0 amide bonds. The van der Waals surface area contributed by atoms with Crippen LogP contribution in [0.15, 0.2) is 24.4 Å². The lowest BCUT2D eigenvalue weighted by molar-refractivity contribution is 0.208. The summed E-state index contributed by atoms with van der Waals surface area (Å²) in [5.41, 5.74) is 7.45. The summed E-state index contributed by atoms with van der Waals surface area (Å²) < 4.78 is 0. The minimum Gasteiger partial charge on any atom is -0.394 e. The van der Waals surface area contributed by atoms with Crippen LogP contribution in [0.25, 0.3) is 10.9 Å². The summed E-state index contributed by atoms with van der Waals surface area (Å²) >= 11 is 5.90. The molecule has 2 rings (SSSR count). The highest BCUT2D eigenvalue weighted by Crippen LogP contribution is 2.24. The Morgan fingerprint density at radius 1 is 1.50 bits per heavy atom. The number of nitrogens with one attached hydrogen (secondary N) is 1. The number of aliphatic hydroxyl groups is 1. The van der Waals surface area contributed by atoms with Gasteiger partial charge in [-0.25, -0.2) is 0 Å². The maximum atomic E-state index is 9.15. The molecule has 4 heteroatoms. The van der Waals surface area contributed by atoms with Gasteiger partial charge in [-0.15, -0.1) is 0 Å². The number of fused-ring (bicyclic) bond motifs is 1. The summed E-state index contributed by atoms with van der Waals surface area (Å²) in [6, 6.07) is 5.71. The zero-order valence-electron chi connectivity index (χ0n) is 9.13. The maximum absolute atomic E-state index is 9.15. The molecule has 1 atom stereocenters. The first-order valence-corrected chi connectivity index (χ1v) is 5.55. The largest absolute Gasteiger partial charge is 0.394 e. The molecular weight excluding hydrogens is 224 g/mol. The fourth-order valence-electron chi connectivity index (χ4n) is 1.80. The Kier molecular flexibility index (Phi) is 2.93. The number of halogens is 1. The molecule has 0 aliphatic heterocycles. The molecule has 4 N–H and O–H groups in total. The number of nitrogens with two attached hydrogens (primary N) is 1. The Balaban J connectivity index is 2.39. The lowest BCUT2D eigenvalue weighted by Crippen LogP contribution is -2.42. The van der Waals surface area contributed by atoms with E-state index in [0.717, 1.165) is 16.5 Å². The summed E-state index contributed by atoms with van der Waals surface area (Å²) in [5.74, 6) is 0. The Hall–Kier alpha value is -1.03. The van der Waals surface area contributed by atoms with Crippen LogP contribution in [-0.2, 0) is 6.42 Å². The molecule has 0 fully saturated rings. The van der Waals surface area contributed by atoms with Crippen LogP contribution in [0.4, 0.5) is 0 Å². The summed E-state index contributed by atoms with van der Waals surface area (Å²) in [7, 11) is 0. The highest BCUT2D eigenvalue weighted by Gasteiger charge is 2.19. The fraction of sp³-hybridized carbons (Fsp3) is 0.333. The molecule has 0 saturated heterocycles. The number of hydrogen-bond donors (Lipinski definition) is 3. The minimum atomic E-state index is -0.589. The standard InChI is InChI=1S/C12H15ClN2O/c1-12(14,7-16)5-8-6-15-11-4-9(13)2-3-10(8)11/h2-4,6,15-16H,5,7,14H2,1H3. The van der Waals surface area contributed by atoms with Crippen LogP contribution in [0.2, 0.25) is 5.02 Å². The third kappa shape index (κ3) is 2.21. The summed E-state index contributed by atoms with van der Waals surface area (Å²) in [5, 5.41) is 11.0. The molecular formula is C12H15ClN2O. The third-order valence-electron chi connectivity index (χ3n) is 2.68. The van der Waals surface area contributed by atoms with E-state index in [-0.39, 0.29) is 6.61 Å². The van der Waals surface area contributed by atoms with Crippen molar-refractivity contribution in [2.75, 3.05) is 6.61 Å². The maximum Gasteiger partial charge on any atom is 0.0611 e. The molecule has 0 aliphatic carbocycles. The van der Waals surface area contributed by atoms with E-state index in [1.165, 1.54) is 0 Å². The molecule has 1 heterocycles. The van der Waals surface area contributed by atoms with Gasteiger partial charge in [0, 0.05) is 27.7 Å². The van der Waals surface area contributed by atoms with Crippen molar-refractivity contribution in [1.82, 2.24) is 4.98 Å². The highest BCUT2D eigenvalue weighted by atomic mass is 35.5. The molecule has 2 aromatic rings. The molecule has 1 unspecified atom stereocenters. The summed E-state index contributed by atoms with van der Waals surface area (Å²) in [4.78, 5) is 3.15. The molecule has 1 aromatic heterocycles. The number of rotatable bonds is 3. The van der Waals surface area contributed by atoms with Gasteiger partial charge >= 0.3 is 0 Å². The first kappa shape index (κ1) is 11.5. The van der Waals surface area contributed by atoms with Gasteiger partial charge in [-0.1, -0.05) is 17.7 Å². The SMILES string of the molecule is CC(N)(CO)Cc1c[nH]c2cc(Cl)ccc12. The van der Waals surface area contributed by atoms with Gasteiger partial charge in [-0.05, 0) is 31.0 Å². The summed E-state index contributed by atoms with van der Waals surface area (Å²) in [6.45, 7) is 1.80. The fourth-order valence-corrected chi connectivity index (χ4v) is 1.97. The van der Waals surface area contributed by atoms with Crippen LogP contribution < -0.4 is 5.73 Å². The average molecular weight is 239 g/mol. The zero-order valence-corrected chi connectivity index (χ0v) is 9.88. The van der Waals surface area contributed by atoms with E-state index in [0.29, 0.717) is 11.4 Å². The van der Waals surface area contributed by atoms with E-state index in [2.05, 4.69) is 4.98 Å². The Morgan fingerprint density at radius 2 is 2.25 bits per heavy atom. The zero-order chi connectivity index (χ0) is 11.8. The molecule has 0 saturated carbocycles. The Labute approximate surface area is 99.2 Å². The van der Waals surface area contributed by atoms with Gasteiger partial charge in [0.25, 0.3) is 0 Å². The minimum absolute atomic E-state index is 0.0345. The van der Waals surface area contributed by atoms with Crippen LogP contribution in [-0.4, -0.2) is 22.2 Å². The molecule has 0 aliphatic rings. The van der Waals surface area contributed by atoms with Crippen molar-refractivity contribution in [3.05, 3.63) is 35.0 Å². The van der Waals surface area contributed by atoms with Crippen LogP contribution in [0.3, 0.4) is 0 Å². The number of hydrogen-bond acceptors (Lipinski definition) is 2. The molecule has 3 nitrogen and oxygen atoms in total. The van der Waals surface area contributed by atoms with E-state index in [9.17, 15) is 0 Å². The average Bonchev–Trinajstić information content (AvgIpc) is 2.60. The molecule has 0 spiro atoms.